The van der Waals surface area contributed by atoms with Crippen molar-refractivity contribution in [3.63, 3.8) is 0 Å². The van der Waals surface area contributed by atoms with Gasteiger partial charge in [-0.2, -0.15) is 0 Å². The van der Waals surface area contributed by atoms with Crippen molar-refractivity contribution < 1.29 is 9.90 Å². The summed E-state index contributed by atoms with van der Waals surface area (Å²) >= 11 is 0. The number of hydrogen-bond donors (Lipinski definition) is 1. The maximum absolute atomic E-state index is 11.6. The van der Waals surface area contributed by atoms with E-state index in [0.717, 1.165) is 5.57 Å². The van der Waals surface area contributed by atoms with Crippen molar-refractivity contribution in [1.82, 2.24) is 0 Å². The molecule has 1 aliphatic carbocycles. The lowest BCUT2D eigenvalue weighted by Gasteiger charge is -2.38. The third-order valence-electron chi connectivity index (χ3n) is 3.44. The Kier molecular flexibility index (Phi) is 4.54. The van der Waals surface area contributed by atoms with Crippen LogP contribution in [-0.2, 0) is 4.79 Å². The van der Waals surface area contributed by atoms with Gasteiger partial charge in [0, 0.05) is 18.8 Å². The van der Waals surface area contributed by atoms with Gasteiger partial charge >= 0.3 is 0 Å². The van der Waals surface area contributed by atoms with E-state index in [4.69, 9.17) is 5.11 Å². The quantitative estimate of drug-likeness (QED) is 0.708. The normalized spacial score (nSPS) is 28.5. The van der Waals surface area contributed by atoms with Gasteiger partial charge in [0.2, 0.25) is 0 Å². The highest BCUT2D eigenvalue weighted by molar-refractivity contribution is 5.80. The molecule has 0 aromatic rings. The SMILES string of the molecule is C/C(C#CC1C(C)CC(=O)CC1(C)C)=C/CO. The molecule has 0 aromatic carbocycles. The molecule has 1 aliphatic rings. The van der Waals surface area contributed by atoms with E-state index in [1.165, 1.54) is 0 Å². The summed E-state index contributed by atoms with van der Waals surface area (Å²) in [6, 6.07) is 0. The summed E-state index contributed by atoms with van der Waals surface area (Å²) in [7, 11) is 0. The fourth-order valence-corrected chi connectivity index (χ4v) is 2.65. The number of aliphatic hydroxyl groups is 1. The summed E-state index contributed by atoms with van der Waals surface area (Å²) in [6.07, 6.45) is 2.98. The Morgan fingerprint density at radius 1 is 1.59 bits per heavy atom. The summed E-state index contributed by atoms with van der Waals surface area (Å²) < 4.78 is 0. The highest BCUT2D eigenvalue weighted by Gasteiger charge is 2.39. The average molecular weight is 234 g/mol. The summed E-state index contributed by atoms with van der Waals surface area (Å²) in [5.41, 5.74) is 0.855. The predicted molar refractivity (Wildman–Crippen MR) is 69.3 cm³/mol. The molecule has 0 bridgehead atoms. The molecule has 0 amide bonds. The minimum atomic E-state index is -0.0404. The molecule has 0 aliphatic heterocycles. The van der Waals surface area contributed by atoms with Crippen LogP contribution in [0.4, 0.5) is 0 Å². The van der Waals surface area contributed by atoms with E-state index in [-0.39, 0.29) is 17.9 Å². The minimum Gasteiger partial charge on any atom is -0.392 e. The molecule has 0 heterocycles. The number of allylic oxidation sites excluding steroid dienone is 1. The fraction of sp³-hybridized carbons (Fsp3) is 0.667. The number of hydrogen-bond acceptors (Lipinski definition) is 2. The Labute approximate surface area is 104 Å². The Morgan fingerprint density at radius 3 is 2.76 bits per heavy atom. The van der Waals surface area contributed by atoms with Gasteiger partial charge in [0.1, 0.15) is 5.78 Å². The van der Waals surface area contributed by atoms with Crippen LogP contribution in [0.2, 0.25) is 0 Å². The van der Waals surface area contributed by atoms with Crippen LogP contribution in [-0.4, -0.2) is 17.5 Å². The van der Waals surface area contributed by atoms with Gasteiger partial charge in [-0.1, -0.05) is 32.6 Å². The predicted octanol–water partition coefficient (Wildman–Crippen LogP) is 2.57. The molecule has 1 fully saturated rings. The molecule has 0 spiro atoms. The van der Waals surface area contributed by atoms with Crippen LogP contribution in [0.15, 0.2) is 11.6 Å². The van der Waals surface area contributed by atoms with Crippen molar-refractivity contribution in [2.24, 2.45) is 17.3 Å². The van der Waals surface area contributed by atoms with Gasteiger partial charge in [0.25, 0.3) is 0 Å². The molecule has 94 valence electrons. The average Bonchev–Trinajstić information content (AvgIpc) is 2.14. The fourth-order valence-electron chi connectivity index (χ4n) is 2.65. The Hall–Kier alpha value is -1.07. The summed E-state index contributed by atoms with van der Waals surface area (Å²) in [5, 5.41) is 8.77. The molecule has 1 rings (SSSR count). The van der Waals surface area contributed by atoms with Gasteiger partial charge in [-0.15, -0.1) is 0 Å². The molecule has 1 saturated carbocycles. The zero-order valence-electron chi connectivity index (χ0n) is 11.2. The number of carbonyl (C=O) groups excluding carboxylic acids is 1. The second kappa shape index (κ2) is 5.51. The van der Waals surface area contributed by atoms with Crippen molar-refractivity contribution in [1.29, 1.82) is 0 Å². The number of Topliss-reactive ketones (excluding diaryl/α,β-unsaturated/α-hetero) is 1. The standard InChI is InChI=1S/C15H22O2/c1-11(7-8-16)5-6-14-12(2)9-13(17)10-15(14,3)4/h7,12,14,16H,8-10H2,1-4H3/b11-7-. The Morgan fingerprint density at radius 2 is 2.24 bits per heavy atom. The highest BCUT2D eigenvalue weighted by Crippen LogP contribution is 2.41. The van der Waals surface area contributed by atoms with E-state index in [2.05, 4.69) is 32.6 Å². The van der Waals surface area contributed by atoms with E-state index in [9.17, 15) is 4.79 Å². The lowest BCUT2D eigenvalue weighted by molar-refractivity contribution is -0.126. The Balaban J connectivity index is 2.88. The maximum atomic E-state index is 11.6. The van der Waals surface area contributed by atoms with Gasteiger partial charge < -0.3 is 5.11 Å². The Bertz CT molecular complexity index is 379. The lowest BCUT2D eigenvalue weighted by Crippen LogP contribution is -2.37. The first-order valence-corrected chi connectivity index (χ1v) is 6.17. The molecule has 2 heteroatoms. The summed E-state index contributed by atoms with van der Waals surface area (Å²) in [4.78, 5) is 11.6. The van der Waals surface area contributed by atoms with Crippen LogP contribution in [0.5, 0.6) is 0 Å². The van der Waals surface area contributed by atoms with Gasteiger partial charge in [0.05, 0.1) is 6.61 Å². The van der Waals surface area contributed by atoms with Crippen molar-refractivity contribution >= 4 is 5.78 Å². The zero-order chi connectivity index (χ0) is 13.1. The van der Waals surface area contributed by atoms with Crippen molar-refractivity contribution in [2.75, 3.05) is 6.61 Å². The van der Waals surface area contributed by atoms with Crippen molar-refractivity contribution in [3.05, 3.63) is 11.6 Å². The smallest absolute Gasteiger partial charge is 0.133 e. The molecule has 0 aromatic heterocycles. The van der Waals surface area contributed by atoms with E-state index in [1.807, 2.05) is 6.92 Å². The third kappa shape index (κ3) is 3.71. The third-order valence-corrected chi connectivity index (χ3v) is 3.44. The van der Waals surface area contributed by atoms with Crippen LogP contribution >= 0.6 is 0 Å². The molecular weight excluding hydrogens is 212 g/mol. The summed E-state index contributed by atoms with van der Waals surface area (Å²) in [5.74, 6) is 7.30. The molecule has 2 atom stereocenters. The molecule has 0 radical (unpaired) electrons. The molecule has 2 nitrogen and oxygen atoms in total. The van der Waals surface area contributed by atoms with Crippen molar-refractivity contribution in [2.45, 2.75) is 40.5 Å². The zero-order valence-corrected chi connectivity index (χ0v) is 11.2. The molecule has 1 N–H and O–H groups in total. The van der Waals surface area contributed by atoms with Crippen LogP contribution in [0.1, 0.15) is 40.5 Å². The molecule has 17 heavy (non-hydrogen) atoms. The van der Waals surface area contributed by atoms with E-state index >= 15 is 0 Å². The van der Waals surface area contributed by atoms with Gasteiger partial charge in [-0.3, -0.25) is 4.79 Å². The lowest BCUT2D eigenvalue weighted by atomic mass is 9.64. The highest BCUT2D eigenvalue weighted by atomic mass is 16.2. The first kappa shape index (κ1) is 14.0. The largest absolute Gasteiger partial charge is 0.392 e. The minimum absolute atomic E-state index is 0.0304. The molecular formula is C15H22O2. The maximum Gasteiger partial charge on any atom is 0.133 e. The number of carbonyl (C=O) groups is 1. The van der Waals surface area contributed by atoms with Crippen LogP contribution in [0.25, 0.3) is 0 Å². The first-order chi connectivity index (χ1) is 7.86. The van der Waals surface area contributed by atoms with Crippen LogP contribution in [0.3, 0.4) is 0 Å². The number of ketones is 1. The van der Waals surface area contributed by atoms with E-state index in [1.54, 1.807) is 6.08 Å². The second-order valence-corrected chi connectivity index (χ2v) is 5.70. The molecule has 2 unspecified atom stereocenters. The first-order valence-electron chi connectivity index (χ1n) is 6.17. The van der Waals surface area contributed by atoms with Gasteiger partial charge in [-0.05, 0) is 29.9 Å². The van der Waals surface area contributed by atoms with Crippen molar-refractivity contribution in [3.8, 4) is 11.8 Å². The van der Waals surface area contributed by atoms with E-state index < -0.39 is 0 Å². The second-order valence-electron chi connectivity index (χ2n) is 5.70. The number of rotatable bonds is 1. The van der Waals surface area contributed by atoms with Gasteiger partial charge in [0.15, 0.2) is 0 Å². The number of aliphatic hydroxyl groups excluding tert-OH is 1. The monoisotopic (exact) mass is 234 g/mol. The molecule has 0 saturated heterocycles. The summed E-state index contributed by atoms with van der Waals surface area (Å²) in [6.45, 7) is 8.26. The van der Waals surface area contributed by atoms with Gasteiger partial charge in [-0.25, -0.2) is 0 Å². The topological polar surface area (TPSA) is 37.3 Å². The van der Waals surface area contributed by atoms with E-state index in [0.29, 0.717) is 24.5 Å². The van der Waals surface area contributed by atoms with Crippen LogP contribution < -0.4 is 0 Å². The van der Waals surface area contributed by atoms with Crippen LogP contribution in [0, 0.1) is 29.1 Å².